The number of hydrogen-bond acceptors (Lipinski definition) is 6. The smallest absolute Gasteiger partial charge is 0.262 e. The number of benzene rings is 2. The molecule has 0 aliphatic carbocycles. The average molecular weight is 530 g/mol. The molecule has 0 aliphatic rings. The summed E-state index contributed by atoms with van der Waals surface area (Å²) in [6.07, 6.45) is 0. The Bertz CT molecular complexity index is 1590. The number of H-pyrrole nitrogens is 1. The maximum absolute atomic E-state index is 13.1. The summed E-state index contributed by atoms with van der Waals surface area (Å²) in [6.45, 7) is 3.89. The fraction of sp³-hybridized carbons (Fsp3) is 0.111. The van der Waals surface area contributed by atoms with Gasteiger partial charge < -0.3 is 16.0 Å². The van der Waals surface area contributed by atoms with Crippen LogP contribution in [0.15, 0.2) is 77.5 Å². The number of aromatic nitrogens is 2. The van der Waals surface area contributed by atoms with Gasteiger partial charge in [-0.15, -0.1) is 11.3 Å². The van der Waals surface area contributed by atoms with Crippen LogP contribution in [-0.4, -0.2) is 27.9 Å². The van der Waals surface area contributed by atoms with E-state index in [1.165, 1.54) is 22.7 Å². The quantitative estimate of drug-likeness (QED) is 0.211. The van der Waals surface area contributed by atoms with E-state index in [2.05, 4.69) is 26.1 Å². The molecule has 0 fully saturated rings. The topological polar surface area (TPSA) is 116 Å². The molecule has 3 amide bonds. The van der Waals surface area contributed by atoms with E-state index in [0.717, 1.165) is 5.56 Å². The van der Waals surface area contributed by atoms with E-state index in [0.29, 0.717) is 37.7 Å². The first-order valence-corrected chi connectivity index (χ1v) is 13.2. The predicted molar refractivity (Wildman–Crippen MR) is 148 cm³/mol. The molecule has 0 aliphatic heterocycles. The van der Waals surface area contributed by atoms with Gasteiger partial charge in [0.2, 0.25) is 0 Å². The number of fused-ring (bicyclic) bond motifs is 1. The van der Waals surface area contributed by atoms with Crippen LogP contribution in [-0.2, 0) is 5.54 Å². The summed E-state index contributed by atoms with van der Waals surface area (Å²) in [5.41, 5.74) is 1.63. The van der Waals surface area contributed by atoms with Crippen molar-refractivity contribution in [3.63, 3.8) is 0 Å². The average Bonchev–Trinajstić information content (AvgIpc) is 3.64. The van der Waals surface area contributed by atoms with Gasteiger partial charge in [-0.25, -0.2) is 0 Å². The number of carbonyl (C=O) groups is 3. The number of nitrogens with one attached hydrogen (secondary N) is 4. The molecule has 0 spiro atoms. The fourth-order valence-corrected chi connectivity index (χ4v) is 5.38. The lowest BCUT2D eigenvalue weighted by atomic mass is 9.94. The van der Waals surface area contributed by atoms with Gasteiger partial charge in [-0.2, -0.15) is 16.4 Å². The van der Waals surface area contributed by atoms with Gasteiger partial charge in [0.15, 0.2) is 0 Å². The van der Waals surface area contributed by atoms with Crippen LogP contribution in [0.4, 0.5) is 11.5 Å². The molecule has 3 heterocycles. The molecule has 0 atom stereocenters. The third kappa shape index (κ3) is 5.16. The van der Waals surface area contributed by atoms with Gasteiger partial charge in [-0.05, 0) is 49.1 Å². The molecule has 10 heteroatoms. The molecular formula is C27H23N5O3S2. The number of amides is 3. The number of aromatic amines is 1. The molecule has 0 saturated heterocycles. The molecule has 4 N–H and O–H groups in total. The molecule has 3 aromatic heterocycles. The van der Waals surface area contributed by atoms with Gasteiger partial charge in [0.1, 0.15) is 10.6 Å². The van der Waals surface area contributed by atoms with Crippen LogP contribution in [0.2, 0.25) is 0 Å². The minimum absolute atomic E-state index is 0.226. The summed E-state index contributed by atoms with van der Waals surface area (Å²) in [6, 6.07) is 19.9. The van der Waals surface area contributed by atoms with Crippen molar-refractivity contribution in [2.75, 3.05) is 10.6 Å². The van der Waals surface area contributed by atoms with Crippen molar-refractivity contribution in [3.05, 3.63) is 99.1 Å². The minimum atomic E-state index is -0.569. The summed E-state index contributed by atoms with van der Waals surface area (Å²) >= 11 is 2.65. The van der Waals surface area contributed by atoms with Gasteiger partial charge >= 0.3 is 0 Å². The number of rotatable bonds is 7. The fourth-order valence-electron chi connectivity index (χ4n) is 3.85. The van der Waals surface area contributed by atoms with E-state index in [9.17, 15) is 14.4 Å². The highest BCUT2D eigenvalue weighted by Gasteiger charge is 2.25. The zero-order chi connectivity index (χ0) is 26.0. The van der Waals surface area contributed by atoms with Gasteiger partial charge in [-0.1, -0.05) is 42.5 Å². The molecule has 37 heavy (non-hydrogen) atoms. The minimum Gasteiger partial charge on any atom is -0.342 e. The summed E-state index contributed by atoms with van der Waals surface area (Å²) in [5, 5.41) is 20.0. The van der Waals surface area contributed by atoms with Crippen molar-refractivity contribution in [3.8, 4) is 0 Å². The second-order valence-corrected chi connectivity index (χ2v) is 10.6. The van der Waals surface area contributed by atoms with E-state index in [1.54, 1.807) is 41.8 Å². The first-order valence-electron chi connectivity index (χ1n) is 11.4. The van der Waals surface area contributed by atoms with Crippen molar-refractivity contribution < 1.29 is 14.4 Å². The highest BCUT2D eigenvalue weighted by molar-refractivity contribution is 7.20. The highest BCUT2D eigenvalue weighted by atomic mass is 32.1. The largest absolute Gasteiger partial charge is 0.342 e. The Hall–Kier alpha value is -4.28. The molecule has 5 aromatic rings. The monoisotopic (exact) mass is 529 g/mol. The molecule has 0 bridgehead atoms. The van der Waals surface area contributed by atoms with E-state index in [1.807, 2.05) is 49.6 Å². The van der Waals surface area contributed by atoms with Crippen LogP contribution >= 0.6 is 22.7 Å². The molecule has 186 valence electrons. The lowest BCUT2D eigenvalue weighted by molar-refractivity contribution is 0.0915. The number of nitrogens with zero attached hydrogens (tertiary/aromatic N) is 1. The predicted octanol–water partition coefficient (Wildman–Crippen LogP) is 5.86. The first-order chi connectivity index (χ1) is 17.8. The second kappa shape index (κ2) is 10.00. The second-order valence-electron chi connectivity index (χ2n) is 8.84. The number of hydrogen-bond donors (Lipinski definition) is 4. The summed E-state index contributed by atoms with van der Waals surface area (Å²) in [7, 11) is 0. The van der Waals surface area contributed by atoms with Gasteiger partial charge in [0, 0.05) is 5.38 Å². The summed E-state index contributed by atoms with van der Waals surface area (Å²) in [5.74, 6) is -0.571. The van der Waals surface area contributed by atoms with Crippen LogP contribution in [0.25, 0.3) is 10.2 Å². The van der Waals surface area contributed by atoms with Crippen LogP contribution in [0.1, 0.15) is 49.8 Å². The molecule has 5 rings (SSSR count). The number of thiophene rings is 2. The summed E-state index contributed by atoms with van der Waals surface area (Å²) in [4.78, 5) is 39.8. The van der Waals surface area contributed by atoms with Crippen LogP contribution in [0.5, 0.6) is 0 Å². The third-order valence-electron chi connectivity index (χ3n) is 5.84. The maximum atomic E-state index is 13.1. The standard InChI is InChI=1S/C27H23N5O3S2/c1-27(2,17-8-4-3-5-9-17)30-25(35)21-14-19-22(31-32-26(19)37-21)29-24(34)18-10-6-7-11-20(18)28-23(33)16-12-13-36-15-16/h3-15H,1-2H3,(H,28,33)(H,30,35)(H2,29,31,32,34). The van der Waals surface area contributed by atoms with Crippen LogP contribution in [0.3, 0.4) is 0 Å². The third-order valence-corrected chi connectivity index (χ3v) is 7.55. The Labute approximate surface area is 220 Å². The van der Waals surface area contributed by atoms with E-state index < -0.39 is 11.4 Å². The molecular weight excluding hydrogens is 506 g/mol. The molecule has 0 unspecified atom stereocenters. The number of carbonyl (C=O) groups excluding carboxylic acids is 3. The van der Waals surface area contributed by atoms with Gasteiger partial charge in [0.25, 0.3) is 17.7 Å². The normalized spacial score (nSPS) is 11.3. The van der Waals surface area contributed by atoms with E-state index >= 15 is 0 Å². The van der Waals surface area contributed by atoms with E-state index in [-0.39, 0.29) is 11.8 Å². The van der Waals surface area contributed by atoms with Crippen molar-refractivity contribution in [2.24, 2.45) is 0 Å². The zero-order valence-corrected chi connectivity index (χ0v) is 21.6. The Kier molecular flexibility index (Phi) is 6.60. The van der Waals surface area contributed by atoms with Crippen molar-refractivity contribution in [1.29, 1.82) is 0 Å². The van der Waals surface area contributed by atoms with Crippen molar-refractivity contribution in [1.82, 2.24) is 15.5 Å². The van der Waals surface area contributed by atoms with Gasteiger partial charge in [-0.3, -0.25) is 19.5 Å². The molecule has 0 saturated carbocycles. The first kappa shape index (κ1) is 24.4. The van der Waals surface area contributed by atoms with Crippen LogP contribution < -0.4 is 16.0 Å². The maximum Gasteiger partial charge on any atom is 0.262 e. The zero-order valence-electron chi connectivity index (χ0n) is 20.0. The molecule has 2 aromatic carbocycles. The Morgan fingerprint density at radius 2 is 1.65 bits per heavy atom. The summed E-state index contributed by atoms with van der Waals surface area (Å²) < 4.78 is 0. The molecule has 0 radical (unpaired) electrons. The Morgan fingerprint density at radius 1 is 0.892 bits per heavy atom. The number of anilines is 2. The van der Waals surface area contributed by atoms with Crippen molar-refractivity contribution >= 4 is 62.1 Å². The highest BCUT2D eigenvalue weighted by Crippen LogP contribution is 2.31. The van der Waals surface area contributed by atoms with Gasteiger partial charge in [0.05, 0.1) is 32.6 Å². The molecule has 8 nitrogen and oxygen atoms in total. The lowest BCUT2D eigenvalue weighted by Crippen LogP contribution is -2.40. The Morgan fingerprint density at radius 3 is 2.41 bits per heavy atom. The number of para-hydroxylation sites is 1. The van der Waals surface area contributed by atoms with Crippen LogP contribution in [0, 0.1) is 0 Å². The Balaban J connectivity index is 1.33. The van der Waals surface area contributed by atoms with Crippen molar-refractivity contribution in [2.45, 2.75) is 19.4 Å². The lowest BCUT2D eigenvalue weighted by Gasteiger charge is -2.26. The van der Waals surface area contributed by atoms with E-state index in [4.69, 9.17) is 0 Å². The SMILES string of the molecule is CC(C)(NC(=O)c1cc2c(NC(=O)c3ccccc3NC(=O)c3ccsc3)[nH]nc2s1)c1ccccc1.